The summed E-state index contributed by atoms with van der Waals surface area (Å²) in [6.07, 6.45) is 7.05. The number of furan rings is 1. The van der Waals surface area contributed by atoms with Crippen LogP contribution in [0.2, 0.25) is 0 Å². The van der Waals surface area contributed by atoms with Crippen molar-refractivity contribution in [2.45, 2.75) is 37.5 Å². The average molecular weight is 719 g/mol. The van der Waals surface area contributed by atoms with Crippen LogP contribution >= 0.6 is 0 Å². The smallest absolute Gasteiger partial charge is 0.136 e. The van der Waals surface area contributed by atoms with Crippen molar-refractivity contribution in [1.29, 1.82) is 0 Å². The Bertz CT molecular complexity index is 3170. The van der Waals surface area contributed by atoms with Crippen molar-refractivity contribution in [3.8, 4) is 56.0 Å². The number of rotatable bonds is 2. The molecule has 2 heteroatoms. The Hall–Kier alpha value is -6.12. The summed E-state index contributed by atoms with van der Waals surface area (Å²) in [6, 6.07) is 54.3. The summed E-state index contributed by atoms with van der Waals surface area (Å²) < 4.78 is 13.3. The zero-order chi connectivity index (χ0) is 36.3. The van der Waals surface area contributed by atoms with E-state index in [1.807, 2.05) is 0 Å². The zero-order valence-electron chi connectivity index (χ0n) is 31.0. The summed E-state index contributed by atoms with van der Waals surface area (Å²) in [6.45, 7) is 0. The molecule has 1 aromatic heterocycles. The molecule has 0 unspecified atom stereocenters. The Morgan fingerprint density at radius 2 is 1.12 bits per heavy atom. The normalized spacial score (nSPS) is 23.6. The van der Waals surface area contributed by atoms with Crippen molar-refractivity contribution in [3.05, 3.63) is 157 Å². The lowest BCUT2D eigenvalue weighted by Gasteiger charge is -2.61. The molecule has 2 heterocycles. The van der Waals surface area contributed by atoms with Crippen LogP contribution in [0.4, 0.5) is 0 Å². The maximum absolute atomic E-state index is 6.81. The molecule has 0 radical (unpaired) electrons. The monoisotopic (exact) mass is 718 g/mol. The van der Waals surface area contributed by atoms with Crippen LogP contribution < -0.4 is 4.74 Å². The molecule has 1 aliphatic heterocycles. The number of hydrogen-bond donors (Lipinski definition) is 0. The van der Waals surface area contributed by atoms with E-state index < -0.39 is 0 Å². The predicted octanol–water partition coefficient (Wildman–Crippen LogP) is 14.7. The highest BCUT2D eigenvalue weighted by Crippen LogP contribution is 2.70. The molecule has 0 atom stereocenters. The largest absolute Gasteiger partial charge is 0.456 e. The molecule has 5 aliphatic carbocycles. The lowest BCUT2D eigenvalue weighted by Crippen LogP contribution is -2.55. The van der Waals surface area contributed by atoms with Gasteiger partial charge in [-0.1, -0.05) is 109 Å². The van der Waals surface area contributed by atoms with Crippen molar-refractivity contribution >= 4 is 43.5 Å². The highest BCUT2D eigenvalue weighted by Gasteiger charge is 2.61. The minimum atomic E-state index is 0.149. The molecule has 4 saturated carbocycles. The average Bonchev–Trinajstić information content (AvgIpc) is 3.75. The van der Waals surface area contributed by atoms with Gasteiger partial charge in [0.05, 0.1) is 0 Å². The Labute approximate surface area is 325 Å². The summed E-state index contributed by atoms with van der Waals surface area (Å²) in [4.78, 5) is 0. The summed E-state index contributed by atoms with van der Waals surface area (Å²) in [5.41, 5.74) is 15.5. The van der Waals surface area contributed by atoms with E-state index >= 15 is 0 Å². The minimum Gasteiger partial charge on any atom is -0.456 e. The Balaban J connectivity index is 0.953. The molecule has 1 spiro atoms. The highest BCUT2D eigenvalue weighted by atomic mass is 16.5. The molecular formula is C54H38O2. The van der Waals surface area contributed by atoms with Gasteiger partial charge in [-0.2, -0.15) is 0 Å². The molecular weight excluding hydrogens is 681 g/mol. The third-order valence-electron chi connectivity index (χ3n) is 15.0. The second kappa shape index (κ2) is 10.6. The van der Waals surface area contributed by atoms with Crippen molar-refractivity contribution < 1.29 is 9.15 Å². The molecule has 8 aromatic carbocycles. The lowest BCUT2D eigenvalue weighted by atomic mass is 9.43. The van der Waals surface area contributed by atoms with Crippen LogP contribution in [0.1, 0.15) is 43.2 Å². The van der Waals surface area contributed by atoms with Crippen molar-refractivity contribution in [2.24, 2.45) is 23.7 Å². The molecule has 0 amide bonds. The summed E-state index contributed by atoms with van der Waals surface area (Å²) >= 11 is 0. The fourth-order valence-corrected chi connectivity index (χ4v) is 13.2. The molecule has 4 fully saturated rings. The first-order chi connectivity index (χ1) is 27.7. The van der Waals surface area contributed by atoms with E-state index in [0.717, 1.165) is 68.2 Å². The molecule has 0 saturated heterocycles. The van der Waals surface area contributed by atoms with Crippen molar-refractivity contribution in [3.63, 3.8) is 0 Å². The number of hydrogen-bond acceptors (Lipinski definition) is 2. The Kier molecular flexibility index (Phi) is 5.70. The predicted molar refractivity (Wildman–Crippen MR) is 228 cm³/mol. The van der Waals surface area contributed by atoms with Gasteiger partial charge in [-0.3, -0.25) is 0 Å². The van der Waals surface area contributed by atoms with E-state index in [1.165, 1.54) is 87.0 Å². The summed E-state index contributed by atoms with van der Waals surface area (Å²) in [5.74, 6) is 5.18. The Morgan fingerprint density at radius 3 is 2.00 bits per heavy atom. The van der Waals surface area contributed by atoms with Crippen LogP contribution in [0.5, 0.6) is 11.5 Å². The van der Waals surface area contributed by atoms with Crippen LogP contribution in [0.3, 0.4) is 0 Å². The van der Waals surface area contributed by atoms with E-state index in [-0.39, 0.29) is 5.41 Å². The molecule has 15 rings (SSSR count). The zero-order valence-corrected chi connectivity index (χ0v) is 31.0. The van der Waals surface area contributed by atoms with E-state index in [1.54, 1.807) is 11.1 Å². The third-order valence-corrected chi connectivity index (χ3v) is 15.0. The van der Waals surface area contributed by atoms with E-state index in [4.69, 9.17) is 9.15 Å². The number of fused-ring (bicyclic) bond motifs is 9. The van der Waals surface area contributed by atoms with Crippen molar-refractivity contribution in [1.82, 2.24) is 0 Å². The second-order valence-corrected chi connectivity index (χ2v) is 17.6. The minimum absolute atomic E-state index is 0.149. The second-order valence-electron chi connectivity index (χ2n) is 17.6. The van der Waals surface area contributed by atoms with E-state index in [0.29, 0.717) is 0 Å². The van der Waals surface area contributed by atoms with Gasteiger partial charge in [0.25, 0.3) is 0 Å². The highest BCUT2D eigenvalue weighted by molar-refractivity contribution is 6.16. The maximum atomic E-state index is 6.81. The summed E-state index contributed by atoms with van der Waals surface area (Å²) in [7, 11) is 0. The van der Waals surface area contributed by atoms with E-state index in [9.17, 15) is 0 Å². The van der Waals surface area contributed by atoms with Gasteiger partial charge in [-0.25, -0.2) is 0 Å². The third kappa shape index (κ3) is 3.73. The van der Waals surface area contributed by atoms with Gasteiger partial charge in [-0.15, -0.1) is 0 Å². The standard InChI is InChI=1S/C54H38O2/c1-2-9-33-29-50-44(27-32(33)8-1)52-37(11-7-17-48(52)56-50)34-18-20-47-43(28-34)41-13-5-12-40-38(19-21-49(55-47)53(40)41)39-14-6-16-46-51(39)42-10-3-4-15-45(42)54(46)35-23-30-22-31(25-35)26-36(54)24-30/h1-21,27-31,35-36H,22-26H2. The number of ether oxygens (including phenoxy) is 1. The molecule has 9 aromatic rings. The quantitative estimate of drug-likeness (QED) is 0.178. The van der Waals surface area contributed by atoms with Crippen LogP contribution in [-0.2, 0) is 5.41 Å². The van der Waals surface area contributed by atoms with Gasteiger partial charge in [-0.05, 0) is 158 Å². The van der Waals surface area contributed by atoms with Crippen LogP contribution in [0.15, 0.2) is 150 Å². The van der Waals surface area contributed by atoms with Crippen LogP contribution in [-0.4, -0.2) is 0 Å². The van der Waals surface area contributed by atoms with Gasteiger partial charge in [0.2, 0.25) is 0 Å². The van der Waals surface area contributed by atoms with Gasteiger partial charge in [0.1, 0.15) is 22.7 Å². The fourth-order valence-electron chi connectivity index (χ4n) is 13.2. The van der Waals surface area contributed by atoms with Gasteiger partial charge in [0.15, 0.2) is 0 Å². The fraction of sp³-hybridized carbons (Fsp3) is 0.185. The van der Waals surface area contributed by atoms with Crippen molar-refractivity contribution in [2.75, 3.05) is 0 Å². The first-order valence-electron chi connectivity index (χ1n) is 20.7. The molecule has 266 valence electrons. The lowest BCUT2D eigenvalue weighted by molar-refractivity contribution is -0.0399. The first-order valence-corrected chi connectivity index (χ1v) is 20.7. The SMILES string of the molecule is c1ccc2c(c1)-c1c(-c3ccc4c5c(cccc35)-c3cc(-c5cccc6oc7cc8ccccc8cc7c56)ccc3O4)cccc1C21C2CC3CC(C2)CC1C3. The van der Waals surface area contributed by atoms with Gasteiger partial charge in [0, 0.05) is 27.1 Å². The molecule has 4 bridgehead atoms. The van der Waals surface area contributed by atoms with Gasteiger partial charge >= 0.3 is 0 Å². The van der Waals surface area contributed by atoms with Crippen LogP contribution in [0.25, 0.3) is 88.0 Å². The number of benzene rings is 8. The van der Waals surface area contributed by atoms with E-state index in [2.05, 4.69) is 146 Å². The first kappa shape index (κ1) is 30.1. The van der Waals surface area contributed by atoms with Crippen LogP contribution in [0, 0.1) is 23.7 Å². The maximum Gasteiger partial charge on any atom is 0.136 e. The topological polar surface area (TPSA) is 22.4 Å². The molecule has 6 aliphatic rings. The molecule has 56 heavy (non-hydrogen) atoms. The summed E-state index contributed by atoms with van der Waals surface area (Å²) in [5, 5.41) is 7.16. The van der Waals surface area contributed by atoms with Gasteiger partial charge < -0.3 is 9.15 Å². The Morgan fingerprint density at radius 1 is 0.429 bits per heavy atom. The molecule has 0 N–H and O–H groups in total. The molecule has 2 nitrogen and oxygen atoms in total.